The fraction of sp³-hybridized carbons (Fsp3) is 0.333. The summed E-state index contributed by atoms with van der Waals surface area (Å²) in [5, 5.41) is 14.4. The average Bonchev–Trinajstić information content (AvgIpc) is 3.11. The molecular weight excluding hydrogens is 202 g/mol. The number of hydrogen-bond acceptors (Lipinski definition) is 2. The third-order valence-electron chi connectivity index (χ3n) is 2.45. The summed E-state index contributed by atoms with van der Waals surface area (Å²) in [6.07, 6.45) is 2.08. The number of urea groups is 1. The van der Waals surface area contributed by atoms with Gasteiger partial charge in [-0.25, -0.2) is 4.79 Å². The molecule has 1 aromatic carbocycles. The molecule has 0 bridgehead atoms. The Labute approximate surface area is 94.3 Å². The second-order valence-electron chi connectivity index (χ2n) is 3.86. The van der Waals surface area contributed by atoms with Crippen molar-refractivity contribution in [2.75, 3.05) is 0 Å². The highest BCUT2D eigenvalue weighted by Crippen LogP contribution is 2.18. The van der Waals surface area contributed by atoms with Crippen molar-refractivity contribution in [3.05, 3.63) is 35.9 Å². The van der Waals surface area contributed by atoms with Crippen LogP contribution in [0.25, 0.3) is 0 Å². The van der Waals surface area contributed by atoms with Gasteiger partial charge in [0.1, 0.15) is 6.04 Å². The van der Waals surface area contributed by atoms with Gasteiger partial charge >= 0.3 is 6.03 Å². The van der Waals surface area contributed by atoms with Crippen LogP contribution < -0.4 is 10.6 Å². The highest BCUT2D eigenvalue weighted by Gasteiger charge is 2.24. The molecule has 4 nitrogen and oxygen atoms in total. The van der Waals surface area contributed by atoms with Gasteiger partial charge in [-0.2, -0.15) is 5.26 Å². The van der Waals surface area contributed by atoms with Crippen molar-refractivity contribution in [2.24, 2.45) is 0 Å². The van der Waals surface area contributed by atoms with Gasteiger partial charge in [-0.1, -0.05) is 30.3 Å². The van der Waals surface area contributed by atoms with Gasteiger partial charge in [-0.15, -0.1) is 0 Å². The summed E-state index contributed by atoms with van der Waals surface area (Å²) in [4.78, 5) is 11.5. The molecule has 1 aliphatic carbocycles. The molecule has 82 valence electrons. The van der Waals surface area contributed by atoms with Gasteiger partial charge in [0.15, 0.2) is 0 Å². The Hall–Kier alpha value is -2.02. The summed E-state index contributed by atoms with van der Waals surface area (Å²) in [5.41, 5.74) is 0.802. The van der Waals surface area contributed by atoms with E-state index in [-0.39, 0.29) is 6.03 Å². The zero-order valence-electron chi connectivity index (χ0n) is 8.81. The van der Waals surface area contributed by atoms with Crippen LogP contribution in [0.4, 0.5) is 4.79 Å². The van der Waals surface area contributed by atoms with E-state index >= 15 is 0 Å². The maximum absolute atomic E-state index is 11.5. The van der Waals surface area contributed by atoms with Gasteiger partial charge in [-0.05, 0) is 18.4 Å². The van der Waals surface area contributed by atoms with E-state index in [9.17, 15) is 4.79 Å². The van der Waals surface area contributed by atoms with Gasteiger partial charge in [0, 0.05) is 6.04 Å². The van der Waals surface area contributed by atoms with Gasteiger partial charge in [0.25, 0.3) is 0 Å². The zero-order chi connectivity index (χ0) is 11.4. The fourth-order valence-corrected chi connectivity index (χ4v) is 1.42. The maximum atomic E-state index is 11.5. The minimum absolute atomic E-state index is 0.266. The topological polar surface area (TPSA) is 64.9 Å². The fourth-order valence-electron chi connectivity index (χ4n) is 1.42. The summed E-state index contributed by atoms with van der Waals surface area (Å²) < 4.78 is 0. The Morgan fingerprint density at radius 3 is 2.62 bits per heavy atom. The normalized spacial score (nSPS) is 15.9. The lowest BCUT2D eigenvalue weighted by Crippen LogP contribution is -2.38. The number of carbonyl (C=O) groups is 1. The largest absolute Gasteiger partial charge is 0.335 e. The Bertz CT molecular complexity index is 406. The van der Waals surface area contributed by atoms with Crippen molar-refractivity contribution in [3.8, 4) is 6.07 Å². The predicted octanol–water partition coefficient (Wildman–Crippen LogP) is 1.71. The van der Waals surface area contributed by atoms with Crippen LogP contribution in [-0.4, -0.2) is 12.1 Å². The van der Waals surface area contributed by atoms with E-state index in [0.717, 1.165) is 18.4 Å². The molecule has 0 saturated heterocycles. The second-order valence-corrected chi connectivity index (χ2v) is 3.86. The quantitative estimate of drug-likeness (QED) is 0.806. The molecule has 1 saturated carbocycles. The Morgan fingerprint density at radius 1 is 1.38 bits per heavy atom. The van der Waals surface area contributed by atoms with Crippen molar-refractivity contribution in [3.63, 3.8) is 0 Å². The molecule has 0 radical (unpaired) electrons. The van der Waals surface area contributed by atoms with E-state index in [1.165, 1.54) is 0 Å². The molecule has 16 heavy (non-hydrogen) atoms. The minimum atomic E-state index is -0.583. The van der Waals surface area contributed by atoms with Crippen molar-refractivity contribution >= 4 is 6.03 Å². The monoisotopic (exact) mass is 215 g/mol. The molecule has 4 heteroatoms. The molecule has 1 aliphatic rings. The van der Waals surface area contributed by atoms with Crippen LogP contribution >= 0.6 is 0 Å². The molecule has 1 fully saturated rings. The Balaban J connectivity index is 1.95. The predicted molar refractivity (Wildman–Crippen MR) is 59.5 cm³/mol. The van der Waals surface area contributed by atoms with E-state index in [0.29, 0.717) is 6.04 Å². The van der Waals surface area contributed by atoms with Crippen LogP contribution in [0.3, 0.4) is 0 Å². The number of benzene rings is 1. The van der Waals surface area contributed by atoms with Crippen LogP contribution in [-0.2, 0) is 0 Å². The van der Waals surface area contributed by atoms with Crippen LogP contribution in [0.15, 0.2) is 30.3 Å². The van der Waals surface area contributed by atoms with Crippen LogP contribution in [0, 0.1) is 11.3 Å². The first-order valence-corrected chi connectivity index (χ1v) is 5.31. The summed E-state index contributed by atoms with van der Waals surface area (Å²) in [6.45, 7) is 0. The number of amides is 2. The van der Waals surface area contributed by atoms with E-state index in [4.69, 9.17) is 5.26 Å². The summed E-state index contributed by atoms with van der Waals surface area (Å²) >= 11 is 0. The van der Waals surface area contributed by atoms with E-state index in [2.05, 4.69) is 16.7 Å². The SMILES string of the molecule is N#CC(NC(=O)NC1CC1)c1ccccc1. The van der Waals surface area contributed by atoms with Crippen molar-refractivity contribution in [2.45, 2.75) is 24.9 Å². The van der Waals surface area contributed by atoms with E-state index in [1.54, 1.807) is 0 Å². The zero-order valence-corrected chi connectivity index (χ0v) is 8.81. The number of rotatable bonds is 3. The summed E-state index contributed by atoms with van der Waals surface area (Å²) in [6, 6.07) is 10.7. The van der Waals surface area contributed by atoms with Gasteiger partial charge in [-0.3, -0.25) is 0 Å². The molecule has 2 amide bonds. The van der Waals surface area contributed by atoms with Crippen molar-refractivity contribution in [1.82, 2.24) is 10.6 Å². The first-order chi connectivity index (χ1) is 7.79. The van der Waals surface area contributed by atoms with E-state index < -0.39 is 6.04 Å². The smallest absolute Gasteiger partial charge is 0.316 e. The minimum Gasteiger partial charge on any atom is -0.335 e. The summed E-state index contributed by atoms with van der Waals surface area (Å²) in [5.74, 6) is 0. The molecule has 1 aromatic rings. The van der Waals surface area contributed by atoms with Crippen molar-refractivity contribution in [1.29, 1.82) is 5.26 Å². The average molecular weight is 215 g/mol. The molecule has 0 aromatic heterocycles. The molecule has 0 spiro atoms. The third-order valence-corrected chi connectivity index (χ3v) is 2.45. The number of nitrogens with one attached hydrogen (secondary N) is 2. The summed E-state index contributed by atoms with van der Waals surface area (Å²) in [7, 11) is 0. The Kier molecular flexibility index (Phi) is 3.06. The lowest BCUT2D eigenvalue weighted by atomic mass is 10.1. The van der Waals surface area contributed by atoms with Crippen LogP contribution in [0.1, 0.15) is 24.4 Å². The molecular formula is C12H13N3O. The van der Waals surface area contributed by atoms with Gasteiger partial charge in [0.2, 0.25) is 0 Å². The number of nitriles is 1. The molecule has 2 rings (SSSR count). The molecule has 1 unspecified atom stereocenters. The van der Waals surface area contributed by atoms with Crippen LogP contribution in [0.5, 0.6) is 0 Å². The third kappa shape index (κ3) is 2.74. The first kappa shape index (κ1) is 10.5. The van der Waals surface area contributed by atoms with E-state index in [1.807, 2.05) is 30.3 Å². The molecule has 0 aliphatic heterocycles. The Morgan fingerprint density at radius 2 is 2.06 bits per heavy atom. The highest BCUT2D eigenvalue weighted by atomic mass is 16.2. The molecule has 2 N–H and O–H groups in total. The number of hydrogen-bond donors (Lipinski definition) is 2. The van der Waals surface area contributed by atoms with Crippen molar-refractivity contribution < 1.29 is 4.79 Å². The van der Waals surface area contributed by atoms with Crippen LogP contribution in [0.2, 0.25) is 0 Å². The second kappa shape index (κ2) is 4.67. The van der Waals surface area contributed by atoms with Gasteiger partial charge in [0.05, 0.1) is 6.07 Å². The maximum Gasteiger partial charge on any atom is 0.316 e. The lowest BCUT2D eigenvalue weighted by Gasteiger charge is -2.12. The lowest BCUT2D eigenvalue weighted by molar-refractivity contribution is 0.239. The molecule has 0 heterocycles. The first-order valence-electron chi connectivity index (χ1n) is 5.31. The van der Waals surface area contributed by atoms with Gasteiger partial charge < -0.3 is 10.6 Å². The number of nitrogens with zero attached hydrogens (tertiary/aromatic N) is 1. The molecule has 1 atom stereocenters. The standard InChI is InChI=1S/C12H13N3O/c13-8-11(9-4-2-1-3-5-9)15-12(16)14-10-6-7-10/h1-5,10-11H,6-7H2,(H2,14,15,16). The number of carbonyl (C=O) groups excluding carboxylic acids is 1. The highest BCUT2D eigenvalue weighted by molar-refractivity contribution is 5.75.